The second kappa shape index (κ2) is 12.4. The van der Waals surface area contributed by atoms with Crippen molar-refractivity contribution in [3.05, 3.63) is 59.2 Å². The van der Waals surface area contributed by atoms with Gasteiger partial charge in [-0.05, 0) is 104 Å². The fraction of sp³-hybridized carbons (Fsp3) is 0.484. The van der Waals surface area contributed by atoms with Crippen LogP contribution in [-0.4, -0.2) is 63.2 Å². The lowest BCUT2D eigenvalue weighted by Crippen LogP contribution is -2.38. The monoisotopic (exact) mass is 627 g/mol. The number of rotatable bonds is 9. The molecule has 1 aliphatic heterocycles. The lowest BCUT2D eigenvalue weighted by molar-refractivity contribution is 0.149. The van der Waals surface area contributed by atoms with Gasteiger partial charge >= 0.3 is 0 Å². The normalized spacial score (nSPS) is 15.2. The van der Waals surface area contributed by atoms with E-state index in [4.69, 9.17) is 4.28 Å². The molecule has 1 fully saturated rings. The van der Waals surface area contributed by atoms with Crippen LogP contribution in [0.15, 0.2) is 30.5 Å². The summed E-state index contributed by atoms with van der Waals surface area (Å²) >= 11 is 0. The van der Waals surface area contributed by atoms with Crippen molar-refractivity contribution in [2.75, 3.05) is 24.4 Å². The Labute approximate surface area is 257 Å². The van der Waals surface area contributed by atoms with Gasteiger partial charge in [0.05, 0.1) is 18.0 Å². The van der Waals surface area contributed by atoms with E-state index in [1.165, 1.54) is 0 Å². The van der Waals surface area contributed by atoms with E-state index in [2.05, 4.69) is 38.7 Å². The summed E-state index contributed by atoms with van der Waals surface area (Å²) in [5.41, 5.74) is 2.33. The number of benzene rings is 1. The molecule has 4 heterocycles. The average Bonchev–Trinajstić information content (AvgIpc) is 3.29. The predicted molar refractivity (Wildman–Crippen MR) is 166 cm³/mol. The minimum Gasteiger partial charge on any atom is -0.326 e. The molecule has 13 heteroatoms. The molecule has 0 atom stereocenters. The summed E-state index contributed by atoms with van der Waals surface area (Å²) in [5, 5.41) is 0.855. The van der Waals surface area contributed by atoms with Crippen LogP contribution in [0.25, 0.3) is 22.3 Å². The van der Waals surface area contributed by atoms with Crippen LogP contribution >= 0.6 is 0 Å². The van der Waals surface area contributed by atoms with E-state index in [0.29, 0.717) is 29.0 Å². The number of hydrogen-bond acceptors (Lipinski definition) is 9. The summed E-state index contributed by atoms with van der Waals surface area (Å²) in [6.07, 6.45) is 4.83. The molecule has 236 valence electrons. The molecule has 0 amide bonds. The predicted octanol–water partition coefficient (Wildman–Crippen LogP) is 6.06. The summed E-state index contributed by atoms with van der Waals surface area (Å²) in [6.45, 7) is 14.1. The van der Waals surface area contributed by atoms with Crippen molar-refractivity contribution in [1.29, 1.82) is 0 Å². The lowest BCUT2D eigenvalue weighted by atomic mass is 9.89. The first-order valence-corrected chi connectivity index (χ1v) is 16.6. The van der Waals surface area contributed by atoms with Gasteiger partial charge in [-0.25, -0.2) is 28.7 Å². The maximum Gasteiger partial charge on any atom is 0.285 e. The minimum atomic E-state index is -4.08. The molecule has 1 aliphatic rings. The third-order valence-electron chi connectivity index (χ3n) is 8.11. The molecule has 0 bridgehead atoms. The van der Waals surface area contributed by atoms with Crippen molar-refractivity contribution in [3.63, 3.8) is 0 Å². The Morgan fingerprint density at radius 2 is 1.70 bits per heavy atom. The second-order valence-corrected chi connectivity index (χ2v) is 13.6. The van der Waals surface area contributed by atoms with Gasteiger partial charge < -0.3 is 9.47 Å². The zero-order valence-electron chi connectivity index (χ0n) is 26.2. The number of aromatic nitrogens is 5. The zero-order valence-corrected chi connectivity index (χ0v) is 27.0. The smallest absolute Gasteiger partial charge is 0.285 e. The Morgan fingerprint density at radius 1 is 1.00 bits per heavy atom. The summed E-state index contributed by atoms with van der Waals surface area (Å²) in [5.74, 6) is -0.473. The Kier molecular flexibility index (Phi) is 9.01. The number of hydrogen-bond donors (Lipinski definition) is 0. The first-order valence-electron chi connectivity index (χ1n) is 14.8. The summed E-state index contributed by atoms with van der Waals surface area (Å²) < 4.78 is 62.1. The maximum absolute atomic E-state index is 15.2. The van der Waals surface area contributed by atoms with E-state index < -0.39 is 21.8 Å². The van der Waals surface area contributed by atoms with E-state index in [9.17, 15) is 8.42 Å². The fourth-order valence-electron chi connectivity index (χ4n) is 5.91. The number of piperidine rings is 1. The number of nitrogens with zero attached hydrogens (tertiary/aromatic N) is 7. The molecule has 1 saturated heterocycles. The van der Waals surface area contributed by atoms with Gasteiger partial charge in [0.15, 0.2) is 17.5 Å². The number of halogens is 2. The Hall–Kier alpha value is -3.55. The molecule has 1 aromatic carbocycles. The van der Waals surface area contributed by atoms with E-state index in [1.54, 1.807) is 19.1 Å². The summed E-state index contributed by atoms with van der Waals surface area (Å²) in [7, 11) is -4.08. The molecule has 0 radical (unpaired) electrons. The largest absolute Gasteiger partial charge is 0.326 e. The lowest BCUT2D eigenvalue weighted by Gasteiger charge is -2.34. The minimum absolute atomic E-state index is 0.0239. The first-order chi connectivity index (χ1) is 20.7. The Bertz CT molecular complexity index is 1780. The molecule has 10 nitrogen and oxygen atoms in total. The summed E-state index contributed by atoms with van der Waals surface area (Å²) in [4.78, 5) is 19.8. The Morgan fingerprint density at radius 3 is 2.32 bits per heavy atom. The molecule has 5 rings (SSSR count). The van der Waals surface area contributed by atoms with Gasteiger partial charge in [0, 0.05) is 23.3 Å². The molecule has 0 spiro atoms. The third-order valence-corrected chi connectivity index (χ3v) is 8.53. The highest BCUT2D eigenvalue weighted by molar-refractivity contribution is 7.86. The van der Waals surface area contributed by atoms with Crippen LogP contribution < -0.4 is 5.06 Å². The number of aryl methyl sites for hydroxylation is 2. The second-order valence-electron chi connectivity index (χ2n) is 12.1. The standard InChI is InChI=1S/C31H39F2N7O3S/c1-18(2)38-12-10-22(11-13-38)14-23-8-9-28(35-20(23)5)40(43-44(7,41)42)31-34-17-26(33)29(37-31)24-15-25(32)30-27(16-24)39(19(3)4)21(6)36-30/h8-9,15-19,22H,10-14H2,1-7H3. The molecule has 4 aromatic rings. The Balaban J connectivity index is 1.50. The molecule has 0 N–H and O–H groups in total. The molecule has 44 heavy (non-hydrogen) atoms. The number of imidazole rings is 1. The van der Waals surface area contributed by atoms with Gasteiger partial charge in [0.25, 0.3) is 16.1 Å². The van der Waals surface area contributed by atoms with Gasteiger partial charge in [0.1, 0.15) is 17.0 Å². The van der Waals surface area contributed by atoms with Gasteiger partial charge in [-0.2, -0.15) is 8.42 Å². The number of pyridine rings is 1. The van der Waals surface area contributed by atoms with E-state index >= 15 is 8.78 Å². The van der Waals surface area contributed by atoms with Gasteiger partial charge in [0.2, 0.25) is 0 Å². The van der Waals surface area contributed by atoms with E-state index in [1.807, 2.05) is 31.4 Å². The molecule has 0 saturated carbocycles. The van der Waals surface area contributed by atoms with Crippen molar-refractivity contribution in [2.24, 2.45) is 5.92 Å². The molecule has 0 unspecified atom stereocenters. The zero-order chi connectivity index (χ0) is 31.9. The van der Waals surface area contributed by atoms with Gasteiger partial charge in [-0.3, -0.25) is 0 Å². The number of anilines is 2. The molecule has 0 aliphatic carbocycles. The van der Waals surface area contributed by atoms with Crippen LogP contribution in [0.3, 0.4) is 0 Å². The molecular weight excluding hydrogens is 588 g/mol. The van der Waals surface area contributed by atoms with Crippen LogP contribution in [0.5, 0.6) is 0 Å². The first kappa shape index (κ1) is 31.9. The van der Waals surface area contributed by atoms with Crippen molar-refractivity contribution in [2.45, 2.75) is 72.9 Å². The number of likely N-dealkylation sites (tertiary alicyclic amines) is 1. The van der Waals surface area contributed by atoms with Gasteiger partial charge in [-0.1, -0.05) is 6.07 Å². The SMILES string of the molecule is Cc1nc(N(OS(C)(=O)=O)c2ncc(F)c(-c3cc(F)c4nc(C)n(C(C)C)c4c3)n2)ccc1CC1CCN(C(C)C)CC1. The van der Waals surface area contributed by atoms with Crippen LogP contribution in [0.4, 0.5) is 20.5 Å². The average molecular weight is 628 g/mol. The molecule has 3 aromatic heterocycles. The van der Waals surface area contributed by atoms with E-state index in [0.717, 1.165) is 61.5 Å². The van der Waals surface area contributed by atoms with Crippen LogP contribution in [0.1, 0.15) is 63.7 Å². The summed E-state index contributed by atoms with van der Waals surface area (Å²) in [6, 6.07) is 6.80. The highest BCUT2D eigenvalue weighted by Crippen LogP contribution is 2.32. The highest BCUT2D eigenvalue weighted by atomic mass is 32.2. The highest BCUT2D eigenvalue weighted by Gasteiger charge is 2.26. The van der Waals surface area contributed by atoms with Crippen molar-refractivity contribution >= 4 is 32.9 Å². The topological polar surface area (TPSA) is 106 Å². The van der Waals surface area contributed by atoms with Gasteiger partial charge in [-0.15, -0.1) is 9.35 Å². The molecular formula is C31H39F2N7O3S. The van der Waals surface area contributed by atoms with Crippen LogP contribution in [-0.2, 0) is 20.8 Å². The quantitative estimate of drug-likeness (QED) is 0.205. The van der Waals surface area contributed by atoms with E-state index in [-0.39, 0.29) is 34.6 Å². The van der Waals surface area contributed by atoms with Crippen LogP contribution in [0.2, 0.25) is 0 Å². The third kappa shape index (κ3) is 6.74. The van der Waals surface area contributed by atoms with Crippen LogP contribution in [0, 0.1) is 31.4 Å². The van der Waals surface area contributed by atoms with Crippen molar-refractivity contribution < 1.29 is 21.5 Å². The number of fused-ring (bicyclic) bond motifs is 1. The fourth-order valence-corrected chi connectivity index (χ4v) is 6.33. The van der Waals surface area contributed by atoms with Crippen molar-refractivity contribution in [1.82, 2.24) is 29.4 Å². The maximum atomic E-state index is 15.2. The van der Waals surface area contributed by atoms with Crippen molar-refractivity contribution in [3.8, 4) is 11.3 Å².